The van der Waals surface area contributed by atoms with E-state index in [1.807, 2.05) is 0 Å². The summed E-state index contributed by atoms with van der Waals surface area (Å²) in [7, 11) is 0. The van der Waals surface area contributed by atoms with E-state index in [0.29, 0.717) is 37.6 Å². The van der Waals surface area contributed by atoms with Gasteiger partial charge in [-0.2, -0.15) is 0 Å². The van der Waals surface area contributed by atoms with Crippen LogP contribution in [0, 0.1) is 5.82 Å². The largest absolute Gasteiger partial charge is 0.378 e. The number of anilines is 2. The van der Waals surface area contributed by atoms with E-state index < -0.39 is 5.82 Å². The van der Waals surface area contributed by atoms with Crippen molar-refractivity contribution in [1.29, 1.82) is 0 Å². The van der Waals surface area contributed by atoms with E-state index >= 15 is 0 Å². The van der Waals surface area contributed by atoms with Crippen LogP contribution < -0.4 is 10.6 Å². The lowest BCUT2D eigenvalue weighted by Crippen LogP contribution is -2.40. The van der Waals surface area contributed by atoms with Gasteiger partial charge < -0.3 is 20.3 Å². The molecule has 0 spiro atoms. The summed E-state index contributed by atoms with van der Waals surface area (Å²) in [4.78, 5) is 26.2. The lowest BCUT2D eigenvalue weighted by molar-refractivity contribution is -0.114. The summed E-state index contributed by atoms with van der Waals surface area (Å²) in [6.45, 7) is 2.19. The normalized spacial score (nSPS) is 14.0. The van der Waals surface area contributed by atoms with Crippen LogP contribution in [0.1, 0.15) is 10.4 Å². The third kappa shape index (κ3) is 4.58. The Labute approximate surface area is 150 Å². The van der Waals surface area contributed by atoms with Crippen molar-refractivity contribution in [2.75, 3.05) is 43.5 Å². The monoisotopic (exact) mass is 357 g/mol. The Morgan fingerprint density at radius 1 is 1.08 bits per heavy atom. The van der Waals surface area contributed by atoms with E-state index in [9.17, 15) is 14.0 Å². The van der Waals surface area contributed by atoms with Crippen molar-refractivity contribution in [3.05, 3.63) is 59.9 Å². The predicted octanol–water partition coefficient (Wildman–Crippen LogP) is 2.35. The summed E-state index contributed by atoms with van der Waals surface area (Å²) in [5.74, 6) is -0.924. The molecule has 0 radical (unpaired) electrons. The van der Waals surface area contributed by atoms with E-state index in [4.69, 9.17) is 4.74 Å². The summed E-state index contributed by atoms with van der Waals surface area (Å²) in [5.41, 5.74) is 1.33. The van der Waals surface area contributed by atoms with Crippen LogP contribution in [0.25, 0.3) is 0 Å². The summed E-state index contributed by atoms with van der Waals surface area (Å²) in [5, 5.41) is 5.46. The topological polar surface area (TPSA) is 70.7 Å². The highest BCUT2D eigenvalue weighted by atomic mass is 19.1. The zero-order chi connectivity index (χ0) is 18.4. The molecule has 0 bridgehead atoms. The van der Waals surface area contributed by atoms with Crippen LogP contribution in [0.3, 0.4) is 0 Å². The zero-order valence-electron chi connectivity index (χ0n) is 14.2. The molecule has 7 heteroatoms. The van der Waals surface area contributed by atoms with E-state index in [0.717, 1.165) is 0 Å². The molecule has 0 unspecified atom stereocenters. The molecule has 2 aromatic rings. The van der Waals surface area contributed by atoms with Gasteiger partial charge in [-0.25, -0.2) is 4.39 Å². The number of ether oxygens (including phenoxy) is 1. The molecule has 1 fully saturated rings. The van der Waals surface area contributed by atoms with Gasteiger partial charge in [0, 0.05) is 24.3 Å². The number of rotatable bonds is 5. The summed E-state index contributed by atoms with van der Waals surface area (Å²) >= 11 is 0. The molecule has 3 rings (SSSR count). The Morgan fingerprint density at radius 3 is 2.62 bits per heavy atom. The summed E-state index contributed by atoms with van der Waals surface area (Å²) in [6, 6.07) is 12.9. The fourth-order valence-corrected chi connectivity index (χ4v) is 2.65. The highest BCUT2D eigenvalue weighted by Crippen LogP contribution is 2.15. The van der Waals surface area contributed by atoms with Crippen molar-refractivity contribution in [2.45, 2.75) is 0 Å². The number of carbonyl (C=O) groups excluding carboxylic acids is 2. The minimum atomic E-state index is -0.487. The predicted molar refractivity (Wildman–Crippen MR) is 96.7 cm³/mol. The maximum absolute atomic E-state index is 13.5. The van der Waals surface area contributed by atoms with E-state index in [2.05, 4.69) is 10.6 Å². The molecular formula is C19H20FN3O3. The number of hydrogen-bond acceptors (Lipinski definition) is 4. The van der Waals surface area contributed by atoms with Gasteiger partial charge in [0.25, 0.3) is 5.91 Å². The molecule has 6 nitrogen and oxygen atoms in total. The molecule has 1 heterocycles. The van der Waals surface area contributed by atoms with Gasteiger partial charge in [0.1, 0.15) is 5.82 Å². The van der Waals surface area contributed by atoms with Gasteiger partial charge in [-0.05, 0) is 30.3 Å². The number of morpholine rings is 1. The third-order valence-corrected chi connectivity index (χ3v) is 4.01. The first-order valence-electron chi connectivity index (χ1n) is 8.39. The number of hydrogen-bond donors (Lipinski definition) is 2. The van der Waals surface area contributed by atoms with Crippen molar-refractivity contribution >= 4 is 23.2 Å². The fraction of sp³-hybridized carbons (Fsp3) is 0.263. The van der Waals surface area contributed by atoms with Crippen LogP contribution in [-0.2, 0) is 9.53 Å². The fourth-order valence-electron chi connectivity index (χ4n) is 2.65. The van der Waals surface area contributed by atoms with Crippen LogP contribution in [-0.4, -0.2) is 49.6 Å². The van der Waals surface area contributed by atoms with Crippen LogP contribution in [0.15, 0.2) is 48.5 Å². The summed E-state index contributed by atoms with van der Waals surface area (Å²) in [6.07, 6.45) is 0. The number of carbonyl (C=O) groups is 2. The molecule has 1 saturated heterocycles. The Kier molecular flexibility index (Phi) is 5.80. The SMILES string of the molecule is O=C(CNc1cccc(C(=O)N2CCOCC2)c1)Nc1ccccc1F. The quantitative estimate of drug-likeness (QED) is 0.862. The Hall–Kier alpha value is -2.93. The van der Waals surface area contributed by atoms with Crippen molar-refractivity contribution < 1.29 is 18.7 Å². The van der Waals surface area contributed by atoms with Gasteiger partial charge in [-0.15, -0.1) is 0 Å². The lowest BCUT2D eigenvalue weighted by Gasteiger charge is -2.27. The molecule has 0 saturated carbocycles. The van der Waals surface area contributed by atoms with Crippen molar-refractivity contribution in [1.82, 2.24) is 4.90 Å². The van der Waals surface area contributed by atoms with E-state index in [-0.39, 0.29) is 24.0 Å². The van der Waals surface area contributed by atoms with Crippen LogP contribution in [0.5, 0.6) is 0 Å². The number of benzene rings is 2. The molecule has 0 aliphatic carbocycles. The minimum Gasteiger partial charge on any atom is -0.378 e. The second kappa shape index (κ2) is 8.44. The van der Waals surface area contributed by atoms with Crippen LogP contribution in [0.4, 0.5) is 15.8 Å². The lowest BCUT2D eigenvalue weighted by atomic mass is 10.1. The second-order valence-corrected chi connectivity index (χ2v) is 5.87. The molecule has 2 amide bonds. The maximum atomic E-state index is 13.5. The zero-order valence-corrected chi connectivity index (χ0v) is 14.2. The van der Waals surface area contributed by atoms with Gasteiger partial charge in [0.15, 0.2) is 0 Å². The molecule has 2 N–H and O–H groups in total. The Bertz CT molecular complexity index is 791. The molecule has 136 valence electrons. The maximum Gasteiger partial charge on any atom is 0.254 e. The van der Waals surface area contributed by atoms with Crippen LogP contribution in [0.2, 0.25) is 0 Å². The Balaban J connectivity index is 1.57. The third-order valence-electron chi connectivity index (χ3n) is 4.01. The second-order valence-electron chi connectivity index (χ2n) is 5.87. The smallest absolute Gasteiger partial charge is 0.254 e. The van der Waals surface area contributed by atoms with Gasteiger partial charge >= 0.3 is 0 Å². The van der Waals surface area contributed by atoms with Crippen molar-refractivity contribution in [2.24, 2.45) is 0 Å². The molecule has 0 aromatic heterocycles. The number of nitrogens with one attached hydrogen (secondary N) is 2. The van der Waals surface area contributed by atoms with Gasteiger partial charge in [-0.3, -0.25) is 9.59 Å². The standard InChI is InChI=1S/C19H20FN3O3/c20-16-6-1-2-7-17(16)22-18(24)13-21-15-5-3-4-14(12-15)19(25)23-8-10-26-11-9-23/h1-7,12,21H,8-11,13H2,(H,22,24). The molecule has 2 aromatic carbocycles. The first-order valence-corrected chi connectivity index (χ1v) is 8.39. The number of halogens is 1. The highest BCUT2D eigenvalue weighted by Gasteiger charge is 2.18. The van der Waals surface area contributed by atoms with E-state index in [1.165, 1.54) is 12.1 Å². The first-order chi connectivity index (χ1) is 12.6. The number of nitrogens with zero attached hydrogens (tertiary/aromatic N) is 1. The van der Waals surface area contributed by atoms with Crippen LogP contribution >= 0.6 is 0 Å². The average Bonchev–Trinajstić information content (AvgIpc) is 2.68. The van der Waals surface area contributed by atoms with E-state index in [1.54, 1.807) is 41.3 Å². The molecule has 26 heavy (non-hydrogen) atoms. The molecular weight excluding hydrogens is 337 g/mol. The molecule has 0 atom stereocenters. The molecule has 1 aliphatic heterocycles. The minimum absolute atomic E-state index is 0.0382. The summed E-state index contributed by atoms with van der Waals surface area (Å²) < 4.78 is 18.8. The number of para-hydroxylation sites is 1. The number of amides is 2. The molecule has 1 aliphatic rings. The first kappa shape index (κ1) is 17.9. The van der Waals surface area contributed by atoms with Gasteiger partial charge in [-0.1, -0.05) is 18.2 Å². The highest BCUT2D eigenvalue weighted by molar-refractivity contribution is 5.96. The van der Waals surface area contributed by atoms with Gasteiger partial charge in [0.2, 0.25) is 5.91 Å². The van der Waals surface area contributed by atoms with Crippen molar-refractivity contribution in [3.63, 3.8) is 0 Å². The average molecular weight is 357 g/mol. The van der Waals surface area contributed by atoms with Gasteiger partial charge in [0.05, 0.1) is 25.4 Å². The Morgan fingerprint density at radius 2 is 1.85 bits per heavy atom. The van der Waals surface area contributed by atoms with Crippen molar-refractivity contribution in [3.8, 4) is 0 Å².